The molecule has 1 aromatic heterocycles. The molecule has 1 aromatic carbocycles. The number of nitrogens with zero attached hydrogens (tertiary/aromatic N) is 5. The van der Waals surface area contributed by atoms with Crippen LogP contribution in [-0.4, -0.2) is 26.8 Å². The molecule has 0 radical (unpaired) electrons. The normalized spacial score (nSPS) is 10.1. The van der Waals surface area contributed by atoms with Gasteiger partial charge < -0.3 is 4.74 Å². The van der Waals surface area contributed by atoms with E-state index in [0.717, 1.165) is 17.7 Å². The zero-order valence-electron chi connectivity index (χ0n) is 10.8. The Bertz CT molecular complexity index is 572. The van der Waals surface area contributed by atoms with Crippen LogP contribution in [0, 0.1) is 11.3 Å². The van der Waals surface area contributed by atoms with Gasteiger partial charge in [0.15, 0.2) is 5.82 Å². The SMILES string of the molecule is CCOc1cccc(-c2nnnn2CCCC#N)c1. The highest BCUT2D eigenvalue weighted by Crippen LogP contribution is 2.21. The van der Waals surface area contributed by atoms with Gasteiger partial charge in [-0.1, -0.05) is 12.1 Å². The number of hydrogen-bond acceptors (Lipinski definition) is 5. The highest BCUT2D eigenvalue weighted by molar-refractivity contribution is 5.57. The first kappa shape index (κ1) is 13.0. The third-order valence-electron chi connectivity index (χ3n) is 2.59. The second-order valence-corrected chi connectivity index (χ2v) is 3.95. The summed E-state index contributed by atoms with van der Waals surface area (Å²) in [6, 6.07) is 9.78. The summed E-state index contributed by atoms with van der Waals surface area (Å²) in [4.78, 5) is 0. The summed E-state index contributed by atoms with van der Waals surface area (Å²) in [6.45, 7) is 3.20. The molecule has 6 nitrogen and oxygen atoms in total. The Morgan fingerprint density at radius 1 is 1.42 bits per heavy atom. The van der Waals surface area contributed by atoms with Crippen LogP contribution >= 0.6 is 0 Å². The first-order valence-electron chi connectivity index (χ1n) is 6.21. The molecule has 2 rings (SSSR count). The van der Waals surface area contributed by atoms with E-state index in [1.165, 1.54) is 0 Å². The average molecular weight is 257 g/mol. The van der Waals surface area contributed by atoms with E-state index >= 15 is 0 Å². The van der Waals surface area contributed by atoms with Crippen LogP contribution in [0.15, 0.2) is 24.3 Å². The van der Waals surface area contributed by atoms with Crippen molar-refractivity contribution in [1.29, 1.82) is 5.26 Å². The van der Waals surface area contributed by atoms with E-state index in [1.54, 1.807) is 4.68 Å². The van der Waals surface area contributed by atoms with Crippen LogP contribution in [0.25, 0.3) is 11.4 Å². The van der Waals surface area contributed by atoms with Crippen molar-refractivity contribution in [3.8, 4) is 23.2 Å². The van der Waals surface area contributed by atoms with Gasteiger partial charge in [-0.3, -0.25) is 0 Å². The van der Waals surface area contributed by atoms with Crippen LogP contribution in [0.1, 0.15) is 19.8 Å². The number of benzene rings is 1. The summed E-state index contributed by atoms with van der Waals surface area (Å²) in [5.74, 6) is 1.49. The maximum Gasteiger partial charge on any atom is 0.182 e. The summed E-state index contributed by atoms with van der Waals surface area (Å²) in [5, 5.41) is 20.2. The number of unbranched alkanes of at least 4 members (excludes halogenated alkanes) is 1. The molecule has 6 heteroatoms. The quantitative estimate of drug-likeness (QED) is 0.740. The van der Waals surface area contributed by atoms with Crippen molar-refractivity contribution in [3.63, 3.8) is 0 Å². The minimum absolute atomic E-state index is 0.498. The lowest BCUT2D eigenvalue weighted by atomic mass is 10.2. The van der Waals surface area contributed by atoms with Crippen LogP contribution in [0.4, 0.5) is 0 Å². The van der Waals surface area contributed by atoms with Crippen molar-refractivity contribution < 1.29 is 4.74 Å². The lowest BCUT2D eigenvalue weighted by molar-refractivity contribution is 0.340. The fourth-order valence-corrected chi connectivity index (χ4v) is 1.76. The van der Waals surface area contributed by atoms with Gasteiger partial charge in [-0.05, 0) is 35.9 Å². The minimum atomic E-state index is 0.498. The maximum absolute atomic E-state index is 8.55. The van der Waals surface area contributed by atoms with Crippen molar-refractivity contribution in [1.82, 2.24) is 20.2 Å². The third-order valence-corrected chi connectivity index (χ3v) is 2.59. The fourth-order valence-electron chi connectivity index (χ4n) is 1.76. The molecule has 0 spiro atoms. The van der Waals surface area contributed by atoms with Gasteiger partial charge in [0.25, 0.3) is 0 Å². The molecule has 0 aliphatic heterocycles. The van der Waals surface area contributed by atoms with Crippen LogP contribution in [0.5, 0.6) is 5.75 Å². The van der Waals surface area contributed by atoms with Crippen molar-refractivity contribution in [2.75, 3.05) is 6.61 Å². The molecule has 0 aliphatic carbocycles. The summed E-state index contributed by atoms with van der Waals surface area (Å²) >= 11 is 0. The molecule has 0 fully saturated rings. The van der Waals surface area contributed by atoms with Gasteiger partial charge in [0.1, 0.15) is 5.75 Å². The molecule has 2 aromatic rings. The van der Waals surface area contributed by atoms with Gasteiger partial charge in [-0.15, -0.1) is 5.10 Å². The number of nitriles is 1. The fraction of sp³-hybridized carbons (Fsp3) is 0.385. The number of hydrogen-bond donors (Lipinski definition) is 0. The number of rotatable bonds is 6. The predicted octanol–water partition coefficient (Wildman–Crippen LogP) is 2.04. The molecular formula is C13H15N5O. The van der Waals surface area contributed by atoms with E-state index in [9.17, 15) is 0 Å². The molecule has 98 valence electrons. The van der Waals surface area contributed by atoms with Gasteiger partial charge in [0.05, 0.1) is 12.7 Å². The second kappa shape index (κ2) is 6.50. The lowest BCUT2D eigenvalue weighted by Gasteiger charge is -2.06. The molecule has 1 heterocycles. The zero-order chi connectivity index (χ0) is 13.5. The molecule has 0 N–H and O–H groups in total. The van der Waals surface area contributed by atoms with Crippen molar-refractivity contribution in [3.05, 3.63) is 24.3 Å². The highest BCUT2D eigenvalue weighted by Gasteiger charge is 2.09. The van der Waals surface area contributed by atoms with Crippen LogP contribution in [0.2, 0.25) is 0 Å². The van der Waals surface area contributed by atoms with Gasteiger partial charge in [-0.25, -0.2) is 4.68 Å². The second-order valence-electron chi connectivity index (χ2n) is 3.95. The molecular weight excluding hydrogens is 242 g/mol. The molecule has 0 saturated heterocycles. The standard InChI is InChI=1S/C13H15N5O/c1-2-19-12-7-5-6-11(10-12)13-15-16-17-18(13)9-4-3-8-14/h5-7,10H,2-4,9H2,1H3. The number of aromatic nitrogens is 4. The molecule has 0 aliphatic rings. The summed E-state index contributed by atoms with van der Waals surface area (Å²) < 4.78 is 7.17. The van der Waals surface area contributed by atoms with Crippen molar-refractivity contribution >= 4 is 0 Å². The Labute approximate surface area is 111 Å². The largest absolute Gasteiger partial charge is 0.494 e. The van der Waals surface area contributed by atoms with Crippen molar-refractivity contribution in [2.24, 2.45) is 0 Å². The van der Waals surface area contributed by atoms with Gasteiger partial charge >= 0.3 is 0 Å². The first-order valence-corrected chi connectivity index (χ1v) is 6.21. The smallest absolute Gasteiger partial charge is 0.182 e. The summed E-state index contributed by atoms with van der Waals surface area (Å²) in [5.41, 5.74) is 0.910. The molecule has 19 heavy (non-hydrogen) atoms. The first-order chi connectivity index (χ1) is 9.35. The molecule has 0 bridgehead atoms. The monoisotopic (exact) mass is 257 g/mol. The Hall–Kier alpha value is -2.42. The summed E-state index contributed by atoms with van der Waals surface area (Å²) in [6.07, 6.45) is 1.23. The van der Waals surface area contributed by atoms with Crippen LogP contribution in [-0.2, 0) is 6.54 Å². The predicted molar refractivity (Wildman–Crippen MR) is 69.3 cm³/mol. The van der Waals surface area contributed by atoms with Crippen LogP contribution < -0.4 is 4.74 Å². The van der Waals surface area contributed by atoms with Crippen molar-refractivity contribution in [2.45, 2.75) is 26.3 Å². The molecule has 0 saturated carbocycles. The van der Waals surface area contributed by atoms with E-state index in [2.05, 4.69) is 21.6 Å². The van der Waals surface area contributed by atoms with E-state index in [4.69, 9.17) is 10.00 Å². The van der Waals surface area contributed by atoms with E-state index in [0.29, 0.717) is 25.4 Å². The Balaban J connectivity index is 2.19. The Morgan fingerprint density at radius 2 is 2.32 bits per heavy atom. The number of tetrazole rings is 1. The van der Waals surface area contributed by atoms with E-state index < -0.39 is 0 Å². The summed E-state index contributed by atoms with van der Waals surface area (Å²) in [7, 11) is 0. The van der Waals surface area contributed by atoms with Crippen LogP contribution in [0.3, 0.4) is 0 Å². The molecule has 0 atom stereocenters. The van der Waals surface area contributed by atoms with Gasteiger partial charge in [0.2, 0.25) is 0 Å². The third kappa shape index (κ3) is 3.28. The Kier molecular flexibility index (Phi) is 4.45. The molecule has 0 amide bonds. The topological polar surface area (TPSA) is 76.6 Å². The molecule has 0 unspecified atom stereocenters. The Morgan fingerprint density at radius 3 is 3.11 bits per heavy atom. The van der Waals surface area contributed by atoms with E-state index in [-0.39, 0.29) is 0 Å². The zero-order valence-corrected chi connectivity index (χ0v) is 10.8. The average Bonchev–Trinajstić information content (AvgIpc) is 2.88. The van der Waals surface area contributed by atoms with E-state index in [1.807, 2.05) is 31.2 Å². The number of aryl methyl sites for hydroxylation is 1. The minimum Gasteiger partial charge on any atom is -0.494 e. The number of ether oxygens (including phenoxy) is 1. The maximum atomic E-state index is 8.55. The van der Waals surface area contributed by atoms with Gasteiger partial charge in [-0.2, -0.15) is 5.26 Å². The highest BCUT2D eigenvalue weighted by atomic mass is 16.5. The van der Waals surface area contributed by atoms with Gasteiger partial charge in [0, 0.05) is 18.5 Å². The lowest BCUT2D eigenvalue weighted by Crippen LogP contribution is -2.03.